The van der Waals surface area contributed by atoms with Crippen molar-refractivity contribution in [2.24, 2.45) is 17.3 Å². The van der Waals surface area contributed by atoms with E-state index in [2.05, 4.69) is 60.6 Å². The Morgan fingerprint density at radius 1 is 1.28 bits per heavy atom. The lowest BCUT2D eigenvalue weighted by molar-refractivity contribution is -0.136. The van der Waals surface area contributed by atoms with Crippen molar-refractivity contribution in [3.8, 4) is 17.2 Å². The molecule has 2 aromatic heterocycles. The SMILES string of the molecule is C=CC(=O)N1CC2(CCN(c3nc4c(c(-c5c(C)ccc6[nH]ncc56)c3C#N)CC(C(C)C)C4)C2)C1. The Labute approximate surface area is 211 Å². The molecule has 1 atom stereocenters. The number of hydrogen-bond acceptors (Lipinski definition) is 5. The molecule has 7 heteroatoms. The molecule has 7 nitrogen and oxygen atoms in total. The van der Waals surface area contributed by atoms with E-state index in [9.17, 15) is 10.1 Å². The van der Waals surface area contributed by atoms with Crippen molar-refractivity contribution in [3.05, 3.63) is 53.4 Å². The highest BCUT2D eigenvalue weighted by molar-refractivity contribution is 5.99. The van der Waals surface area contributed by atoms with E-state index in [0.717, 1.165) is 84.5 Å². The summed E-state index contributed by atoms with van der Waals surface area (Å²) < 4.78 is 0. The molecule has 0 saturated carbocycles. The number of pyridine rings is 1. The number of aryl methyl sites for hydroxylation is 1. The summed E-state index contributed by atoms with van der Waals surface area (Å²) in [7, 11) is 0. The van der Waals surface area contributed by atoms with Crippen LogP contribution in [0, 0.1) is 35.5 Å². The normalized spacial score (nSPS) is 20.1. The summed E-state index contributed by atoms with van der Waals surface area (Å²) in [5, 5.41) is 19.1. The number of aromatic nitrogens is 3. The number of benzene rings is 1. The van der Waals surface area contributed by atoms with E-state index in [4.69, 9.17) is 4.98 Å². The van der Waals surface area contributed by atoms with Crippen molar-refractivity contribution >= 4 is 22.6 Å². The van der Waals surface area contributed by atoms with Gasteiger partial charge < -0.3 is 9.80 Å². The lowest BCUT2D eigenvalue weighted by Crippen LogP contribution is -2.59. The molecule has 0 bridgehead atoms. The van der Waals surface area contributed by atoms with Crippen molar-refractivity contribution in [2.45, 2.75) is 40.0 Å². The number of hydrogen-bond donors (Lipinski definition) is 1. The van der Waals surface area contributed by atoms with E-state index < -0.39 is 0 Å². The molecular weight excluding hydrogens is 448 g/mol. The molecule has 0 radical (unpaired) electrons. The van der Waals surface area contributed by atoms with Crippen LogP contribution in [0.3, 0.4) is 0 Å². The largest absolute Gasteiger partial charge is 0.355 e. The predicted molar refractivity (Wildman–Crippen MR) is 141 cm³/mol. The molecule has 1 unspecified atom stereocenters. The average Bonchev–Trinajstić information content (AvgIpc) is 3.59. The van der Waals surface area contributed by atoms with Crippen LogP contribution in [0.4, 0.5) is 5.82 Å². The van der Waals surface area contributed by atoms with Crippen LogP contribution in [0.25, 0.3) is 22.0 Å². The molecule has 3 aromatic rings. The van der Waals surface area contributed by atoms with E-state index in [-0.39, 0.29) is 11.3 Å². The number of likely N-dealkylation sites (tertiary alicyclic amines) is 1. The third-order valence-electron chi connectivity index (χ3n) is 8.70. The van der Waals surface area contributed by atoms with Gasteiger partial charge in [-0.2, -0.15) is 10.4 Å². The number of nitriles is 1. The second-order valence-corrected chi connectivity index (χ2v) is 11.3. The maximum Gasteiger partial charge on any atom is 0.245 e. The van der Waals surface area contributed by atoms with Gasteiger partial charge in [0.2, 0.25) is 5.91 Å². The number of anilines is 1. The van der Waals surface area contributed by atoms with Gasteiger partial charge in [-0.3, -0.25) is 9.89 Å². The van der Waals surface area contributed by atoms with Gasteiger partial charge in [-0.25, -0.2) is 4.98 Å². The Bertz CT molecular complexity index is 1440. The van der Waals surface area contributed by atoms with Gasteiger partial charge in [0.1, 0.15) is 17.5 Å². The topological polar surface area (TPSA) is 88.9 Å². The fourth-order valence-electron chi connectivity index (χ4n) is 6.59. The first kappa shape index (κ1) is 22.8. The summed E-state index contributed by atoms with van der Waals surface area (Å²) in [5.74, 6) is 1.87. The number of carbonyl (C=O) groups is 1. The smallest absolute Gasteiger partial charge is 0.245 e. The number of nitrogens with zero attached hydrogens (tertiary/aromatic N) is 5. The predicted octanol–water partition coefficient (Wildman–Crippen LogP) is 4.40. The second kappa shape index (κ2) is 8.19. The van der Waals surface area contributed by atoms with Gasteiger partial charge >= 0.3 is 0 Å². The molecule has 36 heavy (non-hydrogen) atoms. The quantitative estimate of drug-likeness (QED) is 0.559. The van der Waals surface area contributed by atoms with Crippen molar-refractivity contribution in [1.82, 2.24) is 20.1 Å². The highest BCUT2D eigenvalue weighted by atomic mass is 16.2. The number of carbonyl (C=O) groups excluding carboxylic acids is 1. The fourth-order valence-corrected chi connectivity index (χ4v) is 6.59. The lowest BCUT2D eigenvalue weighted by atomic mass is 9.79. The van der Waals surface area contributed by atoms with Crippen molar-refractivity contribution in [3.63, 3.8) is 0 Å². The Kier molecular flexibility index (Phi) is 5.18. The van der Waals surface area contributed by atoms with Crippen LogP contribution < -0.4 is 4.90 Å². The number of rotatable bonds is 4. The van der Waals surface area contributed by atoms with Crippen LogP contribution in [0.5, 0.6) is 0 Å². The summed E-state index contributed by atoms with van der Waals surface area (Å²) in [4.78, 5) is 21.4. The van der Waals surface area contributed by atoms with Crippen LogP contribution in [-0.2, 0) is 17.6 Å². The van der Waals surface area contributed by atoms with Gasteiger partial charge in [0.05, 0.1) is 11.7 Å². The zero-order valence-corrected chi connectivity index (χ0v) is 21.3. The summed E-state index contributed by atoms with van der Waals surface area (Å²) in [6.07, 6.45) is 6.16. The van der Waals surface area contributed by atoms with Crippen LogP contribution in [0.15, 0.2) is 31.0 Å². The van der Waals surface area contributed by atoms with Gasteiger partial charge in [0.25, 0.3) is 0 Å². The summed E-state index contributed by atoms with van der Waals surface area (Å²) in [5.41, 5.74) is 7.38. The van der Waals surface area contributed by atoms with Gasteiger partial charge in [-0.1, -0.05) is 26.5 Å². The molecular formula is C29H32N6O. The number of amides is 1. The van der Waals surface area contributed by atoms with Crippen molar-refractivity contribution in [1.29, 1.82) is 5.26 Å². The molecule has 1 aromatic carbocycles. The standard InChI is InChI=1S/C29H32N6O/c1-5-25(36)35-15-29(16-35)8-9-34(14-29)28-21(12-30)27(20-10-19(17(2)3)11-24(20)32-28)26-18(4)6-7-23-22(26)13-31-33-23/h5-7,13,17,19H,1,8-11,14-16H2,2-4H3,(H,31,33). The van der Waals surface area contributed by atoms with E-state index in [1.54, 1.807) is 0 Å². The molecule has 4 heterocycles. The number of aromatic amines is 1. The molecule has 1 spiro atoms. The Morgan fingerprint density at radius 3 is 2.81 bits per heavy atom. The average molecular weight is 481 g/mol. The van der Waals surface area contributed by atoms with Crippen molar-refractivity contribution < 1.29 is 4.79 Å². The molecule has 2 saturated heterocycles. The zero-order chi connectivity index (χ0) is 25.2. The molecule has 2 aliphatic heterocycles. The highest BCUT2D eigenvalue weighted by Gasteiger charge is 2.49. The molecule has 2 fully saturated rings. The number of H-pyrrole nitrogens is 1. The molecule has 3 aliphatic rings. The first-order chi connectivity index (χ1) is 17.3. The molecule has 1 N–H and O–H groups in total. The maximum absolute atomic E-state index is 12.0. The van der Waals surface area contributed by atoms with Gasteiger partial charge in [-0.15, -0.1) is 0 Å². The van der Waals surface area contributed by atoms with Crippen LogP contribution in [-0.4, -0.2) is 52.2 Å². The first-order valence-electron chi connectivity index (χ1n) is 12.9. The molecule has 184 valence electrons. The Hall–Kier alpha value is -3.66. The minimum atomic E-state index is -0.00172. The fraction of sp³-hybridized carbons (Fsp3) is 0.448. The maximum atomic E-state index is 12.0. The molecule has 1 amide bonds. The number of fused-ring (bicyclic) bond motifs is 2. The monoisotopic (exact) mass is 480 g/mol. The summed E-state index contributed by atoms with van der Waals surface area (Å²) >= 11 is 0. The minimum absolute atomic E-state index is 0.00172. The van der Waals surface area contributed by atoms with E-state index >= 15 is 0 Å². The second-order valence-electron chi connectivity index (χ2n) is 11.3. The molecule has 1 aliphatic carbocycles. The molecule has 6 rings (SSSR count). The Morgan fingerprint density at radius 2 is 2.08 bits per heavy atom. The van der Waals surface area contributed by atoms with Gasteiger partial charge in [0, 0.05) is 48.2 Å². The van der Waals surface area contributed by atoms with E-state index in [1.807, 2.05) is 11.1 Å². The van der Waals surface area contributed by atoms with E-state index in [1.165, 1.54) is 11.6 Å². The highest BCUT2D eigenvalue weighted by Crippen LogP contribution is 2.47. The van der Waals surface area contributed by atoms with Gasteiger partial charge in [-0.05, 0) is 66.9 Å². The lowest BCUT2D eigenvalue weighted by Gasteiger charge is -2.47. The van der Waals surface area contributed by atoms with Crippen LogP contribution in [0.2, 0.25) is 0 Å². The van der Waals surface area contributed by atoms with Crippen molar-refractivity contribution in [2.75, 3.05) is 31.1 Å². The van der Waals surface area contributed by atoms with Crippen LogP contribution >= 0.6 is 0 Å². The minimum Gasteiger partial charge on any atom is -0.355 e. The zero-order valence-electron chi connectivity index (χ0n) is 21.3. The van der Waals surface area contributed by atoms with Gasteiger partial charge in [0.15, 0.2) is 0 Å². The van der Waals surface area contributed by atoms with E-state index in [0.29, 0.717) is 17.4 Å². The Balaban J connectivity index is 1.48. The summed E-state index contributed by atoms with van der Waals surface area (Å²) in [6, 6.07) is 6.76. The third kappa shape index (κ3) is 3.35. The number of nitrogens with one attached hydrogen (secondary N) is 1. The van der Waals surface area contributed by atoms with Crippen LogP contribution in [0.1, 0.15) is 42.7 Å². The third-order valence-corrected chi connectivity index (χ3v) is 8.70. The summed E-state index contributed by atoms with van der Waals surface area (Å²) in [6.45, 7) is 13.5. The first-order valence-corrected chi connectivity index (χ1v) is 12.9.